The van der Waals surface area contributed by atoms with Crippen LogP contribution >= 0.6 is 0 Å². The second-order valence-electron chi connectivity index (χ2n) is 4.77. The minimum absolute atomic E-state index is 0.330. The van der Waals surface area contributed by atoms with Crippen LogP contribution in [0.3, 0.4) is 0 Å². The van der Waals surface area contributed by atoms with Gasteiger partial charge in [-0.25, -0.2) is 4.98 Å². The zero-order valence-corrected chi connectivity index (χ0v) is 10.4. The van der Waals surface area contributed by atoms with Crippen LogP contribution in [0.15, 0.2) is 12.4 Å². The molecule has 90 valence electrons. The molecule has 2 heterocycles. The van der Waals surface area contributed by atoms with Gasteiger partial charge in [0.2, 0.25) is 0 Å². The van der Waals surface area contributed by atoms with E-state index in [2.05, 4.69) is 23.7 Å². The molecule has 0 atom stereocenters. The molecule has 0 spiro atoms. The molecule has 16 heavy (non-hydrogen) atoms. The Morgan fingerprint density at radius 1 is 1.38 bits per heavy atom. The molecule has 1 aromatic heterocycles. The molecule has 1 aromatic rings. The van der Waals surface area contributed by atoms with Crippen LogP contribution in [-0.2, 0) is 7.05 Å². The first kappa shape index (κ1) is 11.5. The van der Waals surface area contributed by atoms with Gasteiger partial charge in [-0.05, 0) is 26.7 Å². The predicted octanol–water partition coefficient (Wildman–Crippen LogP) is 1.67. The summed E-state index contributed by atoms with van der Waals surface area (Å²) in [5.41, 5.74) is 0. The fourth-order valence-corrected chi connectivity index (χ4v) is 2.12. The topological polar surface area (TPSA) is 30.3 Å². The van der Waals surface area contributed by atoms with Crippen LogP contribution in [0.5, 0.6) is 6.01 Å². The van der Waals surface area contributed by atoms with Crippen molar-refractivity contribution in [2.45, 2.75) is 38.8 Å². The highest BCUT2D eigenvalue weighted by Gasteiger charge is 2.22. The summed E-state index contributed by atoms with van der Waals surface area (Å²) in [5, 5.41) is 0. The van der Waals surface area contributed by atoms with E-state index in [0.717, 1.165) is 31.9 Å². The number of imidazole rings is 1. The van der Waals surface area contributed by atoms with Crippen LogP contribution in [0.2, 0.25) is 0 Å². The predicted molar refractivity (Wildman–Crippen MR) is 63.6 cm³/mol. The maximum Gasteiger partial charge on any atom is 0.296 e. The summed E-state index contributed by atoms with van der Waals surface area (Å²) >= 11 is 0. The first-order valence-corrected chi connectivity index (χ1v) is 6.05. The minimum atomic E-state index is 0.330. The molecular weight excluding hydrogens is 202 g/mol. The van der Waals surface area contributed by atoms with E-state index in [-0.39, 0.29) is 0 Å². The maximum atomic E-state index is 5.88. The van der Waals surface area contributed by atoms with E-state index in [4.69, 9.17) is 4.74 Å². The second-order valence-corrected chi connectivity index (χ2v) is 4.77. The molecule has 0 radical (unpaired) electrons. The molecule has 1 aliphatic rings. The standard InChI is InChI=1S/C12H21N3O/c1-10(2)15-7-4-11(5-8-15)16-12-13-6-9-14(12)3/h6,9-11H,4-5,7-8H2,1-3H3. The van der Waals surface area contributed by atoms with Gasteiger partial charge in [0, 0.05) is 38.6 Å². The molecule has 1 fully saturated rings. The van der Waals surface area contributed by atoms with Crippen molar-refractivity contribution in [3.05, 3.63) is 12.4 Å². The Balaban J connectivity index is 1.84. The van der Waals surface area contributed by atoms with Crippen LogP contribution in [0.25, 0.3) is 0 Å². The summed E-state index contributed by atoms with van der Waals surface area (Å²) in [7, 11) is 1.96. The summed E-state index contributed by atoms with van der Waals surface area (Å²) in [6, 6.07) is 1.39. The monoisotopic (exact) mass is 223 g/mol. The molecule has 0 unspecified atom stereocenters. The third-order valence-electron chi connectivity index (χ3n) is 3.26. The fraction of sp³-hybridized carbons (Fsp3) is 0.750. The third kappa shape index (κ3) is 2.55. The largest absolute Gasteiger partial charge is 0.461 e. The van der Waals surface area contributed by atoms with Gasteiger partial charge in [-0.1, -0.05) is 0 Å². The van der Waals surface area contributed by atoms with Crippen molar-refractivity contribution in [2.24, 2.45) is 7.05 Å². The number of aromatic nitrogens is 2. The lowest BCUT2D eigenvalue weighted by atomic mass is 10.1. The van der Waals surface area contributed by atoms with Crippen molar-refractivity contribution in [2.75, 3.05) is 13.1 Å². The molecule has 0 aliphatic carbocycles. The number of hydrogen-bond donors (Lipinski definition) is 0. The molecule has 1 aliphatic heterocycles. The Bertz CT molecular complexity index is 327. The van der Waals surface area contributed by atoms with E-state index in [1.807, 2.05) is 17.8 Å². The van der Waals surface area contributed by atoms with E-state index in [0.29, 0.717) is 12.1 Å². The lowest BCUT2D eigenvalue weighted by molar-refractivity contribution is 0.0758. The molecule has 0 aromatic carbocycles. The Kier molecular flexibility index (Phi) is 3.49. The van der Waals surface area contributed by atoms with E-state index in [1.165, 1.54) is 0 Å². The van der Waals surface area contributed by atoms with Gasteiger partial charge in [-0.3, -0.25) is 0 Å². The van der Waals surface area contributed by atoms with Crippen LogP contribution in [0.4, 0.5) is 0 Å². The van der Waals surface area contributed by atoms with Crippen molar-refractivity contribution < 1.29 is 4.74 Å². The van der Waals surface area contributed by atoms with Crippen molar-refractivity contribution in [1.29, 1.82) is 0 Å². The number of hydrogen-bond acceptors (Lipinski definition) is 3. The fourth-order valence-electron chi connectivity index (χ4n) is 2.12. The molecule has 0 N–H and O–H groups in total. The van der Waals surface area contributed by atoms with Crippen LogP contribution in [0.1, 0.15) is 26.7 Å². The Hall–Kier alpha value is -1.03. The summed E-state index contributed by atoms with van der Waals surface area (Å²) < 4.78 is 7.80. The first-order chi connectivity index (χ1) is 7.66. The number of rotatable bonds is 3. The number of nitrogens with zero attached hydrogens (tertiary/aromatic N) is 3. The maximum absolute atomic E-state index is 5.88. The average Bonchev–Trinajstić information content (AvgIpc) is 2.65. The zero-order valence-electron chi connectivity index (χ0n) is 10.4. The summed E-state index contributed by atoms with van der Waals surface area (Å²) in [4.78, 5) is 6.69. The molecule has 4 heteroatoms. The van der Waals surface area contributed by atoms with Crippen LogP contribution < -0.4 is 4.74 Å². The lowest BCUT2D eigenvalue weighted by Gasteiger charge is -2.34. The number of piperidine rings is 1. The SMILES string of the molecule is CC(C)N1CCC(Oc2nccn2C)CC1. The van der Waals surface area contributed by atoms with Gasteiger partial charge in [0.25, 0.3) is 6.01 Å². The highest BCUT2D eigenvalue weighted by Crippen LogP contribution is 2.18. The minimum Gasteiger partial charge on any atom is -0.461 e. The highest BCUT2D eigenvalue weighted by molar-refractivity contribution is 4.98. The summed E-state index contributed by atoms with van der Waals surface area (Å²) in [6.07, 6.45) is 6.23. The van der Waals surface area contributed by atoms with Crippen LogP contribution in [-0.4, -0.2) is 39.7 Å². The summed E-state index contributed by atoms with van der Waals surface area (Å²) in [6.45, 7) is 6.76. The van der Waals surface area contributed by atoms with Gasteiger partial charge < -0.3 is 14.2 Å². The highest BCUT2D eigenvalue weighted by atomic mass is 16.5. The molecule has 0 amide bonds. The Labute approximate surface area is 97.2 Å². The molecule has 1 saturated heterocycles. The van der Waals surface area contributed by atoms with Gasteiger partial charge in [0.1, 0.15) is 6.10 Å². The first-order valence-electron chi connectivity index (χ1n) is 6.05. The van der Waals surface area contributed by atoms with Gasteiger partial charge in [-0.2, -0.15) is 0 Å². The quantitative estimate of drug-likeness (QED) is 0.781. The van der Waals surface area contributed by atoms with E-state index in [9.17, 15) is 0 Å². The molecule has 0 saturated carbocycles. The number of aryl methyl sites for hydroxylation is 1. The Morgan fingerprint density at radius 2 is 2.06 bits per heavy atom. The van der Waals surface area contributed by atoms with Gasteiger partial charge in [-0.15, -0.1) is 0 Å². The van der Waals surface area contributed by atoms with Crippen molar-refractivity contribution in [1.82, 2.24) is 14.5 Å². The Morgan fingerprint density at radius 3 is 2.56 bits per heavy atom. The lowest BCUT2D eigenvalue weighted by Crippen LogP contribution is -2.42. The van der Waals surface area contributed by atoms with Crippen molar-refractivity contribution in [3.63, 3.8) is 0 Å². The number of ether oxygens (including phenoxy) is 1. The zero-order chi connectivity index (χ0) is 11.5. The summed E-state index contributed by atoms with van der Waals surface area (Å²) in [5.74, 6) is 0. The van der Waals surface area contributed by atoms with E-state index < -0.39 is 0 Å². The van der Waals surface area contributed by atoms with Gasteiger partial charge >= 0.3 is 0 Å². The smallest absolute Gasteiger partial charge is 0.296 e. The van der Waals surface area contributed by atoms with Crippen molar-refractivity contribution in [3.8, 4) is 6.01 Å². The van der Waals surface area contributed by atoms with Crippen LogP contribution in [0, 0.1) is 0 Å². The molecular formula is C12H21N3O. The second kappa shape index (κ2) is 4.87. The molecule has 2 rings (SSSR count). The van der Waals surface area contributed by atoms with Gasteiger partial charge in [0.15, 0.2) is 0 Å². The van der Waals surface area contributed by atoms with Crippen molar-refractivity contribution >= 4 is 0 Å². The van der Waals surface area contributed by atoms with E-state index in [1.54, 1.807) is 6.20 Å². The third-order valence-corrected chi connectivity index (χ3v) is 3.26. The van der Waals surface area contributed by atoms with E-state index >= 15 is 0 Å². The van der Waals surface area contributed by atoms with Gasteiger partial charge in [0.05, 0.1) is 0 Å². The normalized spacial score (nSPS) is 19.2. The molecule has 4 nitrogen and oxygen atoms in total. The molecule has 0 bridgehead atoms. The average molecular weight is 223 g/mol. The number of likely N-dealkylation sites (tertiary alicyclic amines) is 1.